The first-order chi connectivity index (χ1) is 9.50. The molecule has 0 N–H and O–H groups in total. The van der Waals surface area contributed by atoms with E-state index in [0.717, 1.165) is 22.9 Å². The van der Waals surface area contributed by atoms with E-state index in [-0.39, 0.29) is 34.8 Å². The van der Waals surface area contributed by atoms with Gasteiger partial charge in [-0.2, -0.15) is 0 Å². The lowest BCUT2D eigenvalue weighted by Crippen LogP contribution is -3.00. The molecule has 0 radical (unpaired) electrons. The van der Waals surface area contributed by atoms with E-state index in [0.29, 0.717) is 32.8 Å². The first-order valence-electron chi connectivity index (χ1n) is 7.18. The predicted octanol–water partition coefficient (Wildman–Crippen LogP) is -1.86. The number of carbonyl (C=O) groups is 2. The Morgan fingerprint density at radius 1 is 1.38 bits per heavy atom. The molecule has 0 saturated carbocycles. The summed E-state index contributed by atoms with van der Waals surface area (Å²) in [4.78, 5) is 24.6. The highest BCUT2D eigenvalue weighted by Gasteiger charge is 2.62. The summed E-state index contributed by atoms with van der Waals surface area (Å²) in [5.74, 6) is -0.414. The fraction of sp³-hybridized carbons (Fsp3) is 0.857. The number of morpholine rings is 1. The summed E-state index contributed by atoms with van der Waals surface area (Å²) in [7, 11) is 0. The van der Waals surface area contributed by atoms with Gasteiger partial charge in [0.1, 0.15) is 25.7 Å². The van der Waals surface area contributed by atoms with Crippen molar-refractivity contribution in [1.29, 1.82) is 0 Å². The Morgan fingerprint density at radius 2 is 2.00 bits per heavy atom. The number of halogens is 2. The van der Waals surface area contributed by atoms with Gasteiger partial charge in [-0.15, -0.1) is 0 Å². The second kappa shape index (κ2) is 7.53. The molecule has 2 atom stereocenters. The van der Waals surface area contributed by atoms with Crippen LogP contribution in [0.25, 0.3) is 0 Å². The molecular weight excluding hydrogens is 406 g/mol. The normalized spacial score (nSPS) is 30.7. The standard InChI is InChI=1S/C14H23BrNO4.BrH/c1-3-20-13(18)14(11(2)17)8-12(9-15)16(10-14)4-6-19-7-5-16;/h12H,3-10H2,1-2H3;1H/q+1;/p-1. The summed E-state index contributed by atoms with van der Waals surface area (Å²) in [6, 6.07) is 0.271. The lowest BCUT2D eigenvalue weighted by Gasteiger charge is -2.42. The minimum Gasteiger partial charge on any atom is -1.00 e. The van der Waals surface area contributed by atoms with Crippen molar-refractivity contribution in [2.24, 2.45) is 5.41 Å². The third-order valence-electron chi connectivity index (χ3n) is 4.82. The van der Waals surface area contributed by atoms with Crippen LogP contribution in [-0.2, 0) is 19.1 Å². The summed E-state index contributed by atoms with van der Waals surface area (Å²) >= 11 is 3.56. The topological polar surface area (TPSA) is 52.6 Å². The Bertz CT molecular complexity index is 398. The molecule has 0 bridgehead atoms. The van der Waals surface area contributed by atoms with Gasteiger partial charge in [0.05, 0.1) is 25.2 Å². The molecule has 122 valence electrons. The highest BCUT2D eigenvalue weighted by atomic mass is 79.9. The number of ether oxygens (including phenoxy) is 2. The van der Waals surface area contributed by atoms with Gasteiger partial charge in [-0.05, 0) is 13.8 Å². The molecule has 0 aromatic heterocycles. The lowest BCUT2D eigenvalue weighted by molar-refractivity contribution is -0.944. The van der Waals surface area contributed by atoms with Crippen LogP contribution >= 0.6 is 15.9 Å². The SMILES string of the molecule is CCOC(=O)C1(C(C)=O)CC(CBr)[N+]2(CCOCC2)C1.[Br-]. The van der Waals surface area contributed by atoms with Crippen LogP contribution < -0.4 is 17.0 Å². The van der Waals surface area contributed by atoms with Crippen LogP contribution in [0.4, 0.5) is 0 Å². The van der Waals surface area contributed by atoms with Crippen molar-refractivity contribution in [3.8, 4) is 0 Å². The van der Waals surface area contributed by atoms with Gasteiger partial charge in [0, 0.05) is 6.42 Å². The molecule has 7 heteroatoms. The number of rotatable bonds is 4. The number of quaternary nitrogens is 1. The van der Waals surface area contributed by atoms with Crippen LogP contribution in [0, 0.1) is 5.41 Å². The monoisotopic (exact) mass is 427 g/mol. The van der Waals surface area contributed by atoms with Gasteiger partial charge < -0.3 is 30.9 Å². The predicted molar refractivity (Wildman–Crippen MR) is 77.6 cm³/mol. The molecule has 0 aromatic carbocycles. The first-order valence-corrected chi connectivity index (χ1v) is 8.30. The van der Waals surface area contributed by atoms with Crippen LogP contribution in [0.2, 0.25) is 0 Å². The van der Waals surface area contributed by atoms with E-state index in [9.17, 15) is 9.59 Å². The summed E-state index contributed by atoms with van der Waals surface area (Å²) in [6.45, 7) is 7.29. The molecule has 21 heavy (non-hydrogen) atoms. The van der Waals surface area contributed by atoms with Gasteiger partial charge >= 0.3 is 5.97 Å². The number of hydrogen-bond donors (Lipinski definition) is 0. The van der Waals surface area contributed by atoms with E-state index in [1.807, 2.05) is 0 Å². The zero-order chi connectivity index (χ0) is 14.8. The highest BCUT2D eigenvalue weighted by molar-refractivity contribution is 9.09. The van der Waals surface area contributed by atoms with Gasteiger partial charge in [0.2, 0.25) is 0 Å². The van der Waals surface area contributed by atoms with E-state index in [2.05, 4.69) is 15.9 Å². The maximum atomic E-state index is 12.4. The maximum absolute atomic E-state index is 12.4. The fourth-order valence-electron chi connectivity index (χ4n) is 3.57. The van der Waals surface area contributed by atoms with Gasteiger partial charge in [-0.1, -0.05) is 15.9 Å². The van der Waals surface area contributed by atoms with E-state index >= 15 is 0 Å². The van der Waals surface area contributed by atoms with Gasteiger partial charge in [0.15, 0.2) is 11.2 Å². The summed E-state index contributed by atoms with van der Waals surface area (Å²) in [5.41, 5.74) is -0.966. The Balaban J connectivity index is 0.00000220. The van der Waals surface area contributed by atoms with Crippen molar-refractivity contribution in [1.82, 2.24) is 0 Å². The van der Waals surface area contributed by atoms with Crippen LogP contribution in [-0.4, -0.2) is 67.1 Å². The summed E-state index contributed by atoms with van der Waals surface area (Å²) in [5, 5.41) is 0.793. The molecule has 2 heterocycles. The zero-order valence-electron chi connectivity index (χ0n) is 12.6. The van der Waals surface area contributed by atoms with Crippen molar-refractivity contribution in [3.63, 3.8) is 0 Å². The number of nitrogens with zero attached hydrogens (tertiary/aromatic N) is 1. The molecule has 2 unspecified atom stereocenters. The highest BCUT2D eigenvalue weighted by Crippen LogP contribution is 2.43. The summed E-state index contributed by atoms with van der Waals surface area (Å²) < 4.78 is 11.4. The number of carbonyl (C=O) groups excluding carboxylic acids is 2. The Morgan fingerprint density at radius 3 is 2.48 bits per heavy atom. The molecule has 5 nitrogen and oxygen atoms in total. The number of esters is 1. The molecule has 2 aliphatic rings. The van der Waals surface area contributed by atoms with E-state index in [1.165, 1.54) is 6.92 Å². The van der Waals surface area contributed by atoms with Crippen molar-refractivity contribution in [2.75, 3.05) is 44.8 Å². The molecule has 0 aromatic rings. The van der Waals surface area contributed by atoms with Crippen molar-refractivity contribution >= 4 is 27.7 Å². The average Bonchev–Trinajstić information content (AvgIpc) is 2.75. The largest absolute Gasteiger partial charge is 1.00 e. The first kappa shape index (κ1) is 19.1. The number of alkyl halides is 1. The molecule has 2 fully saturated rings. The summed E-state index contributed by atoms with van der Waals surface area (Å²) in [6.07, 6.45) is 0.576. The van der Waals surface area contributed by atoms with Crippen LogP contribution in [0.3, 0.4) is 0 Å². The quantitative estimate of drug-likeness (QED) is 0.228. The Kier molecular flexibility index (Phi) is 6.83. The lowest BCUT2D eigenvalue weighted by atomic mass is 9.82. The third kappa shape index (κ3) is 3.35. The minimum atomic E-state index is -0.966. The molecule has 2 rings (SSSR count). The van der Waals surface area contributed by atoms with Gasteiger partial charge in [0.25, 0.3) is 0 Å². The fourth-order valence-corrected chi connectivity index (χ4v) is 4.42. The molecule has 2 aliphatic heterocycles. The van der Waals surface area contributed by atoms with Crippen LogP contribution in [0.5, 0.6) is 0 Å². The number of Topliss-reactive ketones (excluding diaryl/α,β-unsaturated/α-hetero) is 1. The third-order valence-corrected chi connectivity index (χ3v) is 5.57. The van der Waals surface area contributed by atoms with Crippen molar-refractivity contribution < 1.29 is 40.5 Å². The second-order valence-electron chi connectivity index (χ2n) is 5.81. The van der Waals surface area contributed by atoms with Crippen molar-refractivity contribution in [2.45, 2.75) is 26.3 Å². The van der Waals surface area contributed by atoms with E-state index < -0.39 is 5.41 Å². The van der Waals surface area contributed by atoms with Crippen molar-refractivity contribution in [3.05, 3.63) is 0 Å². The van der Waals surface area contributed by atoms with Crippen LogP contribution in [0.1, 0.15) is 20.3 Å². The minimum absolute atomic E-state index is 0. The van der Waals surface area contributed by atoms with Gasteiger partial charge in [-0.3, -0.25) is 9.59 Å². The van der Waals surface area contributed by atoms with Gasteiger partial charge in [-0.25, -0.2) is 0 Å². The smallest absolute Gasteiger partial charge is 0.325 e. The molecular formula is C14H23Br2NO4. The van der Waals surface area contributed by atoms with E-state index in [4.69, 9.17) is 9.47 Å². The molecule has 0 amide bonds. The number of hydrogen-bond acceptors (Lipinski definition) is 4. The molecule has 0 aliphatic carbocycles. The zero-order valence-corrected chi connectivity index (χ0v) is 15.7. The Labute approximate surface area is 144 Å². The Hall–Kier alpha value is 0.0200. The van der Waals surface area contributed by atoms with Crippen LogP contribution in [0.15, 0.2) is 0 Å². The maximum Gasteiger partial charge on any atom is 0.325 e. The molecule has 1 spiro atoms. The second-order valence-corrected chi connectivity index (χ2v) is 6.45. The number of ketones is 1. The molecule has 2 saturated heterocycles. The van der Waals surface area contributed by atoms with E-state index in [1.54, 1.807) is 6.92 Å². The average molecular weight is 429 g/mol.